The molecule has 1 aromatic rings. The molecule has 0 spiro atoms. The number of halogens is 1. The maximum Gasteiger partial charge on any atom is 0.256 e. The maximum absolute atomic E-state index is 14.0. The van der Waals surface area contributed by atoms with Gasteiger partial charge in [-0.1, -0.05) is 13.0 Å². The minimum Gasteiger partial charge on any atom is -0.379 e. The summed E-state index contributed by atoms with van der Waals surface area (Å²) in [5.41, 5.74) is 0.708. The summed E-state index contributed by atoms with van der Waals surface area (Å²) in [6.07, 6.45) is 0. The second-order valence-corrected chi connectivity index (χ2v) is 6.37. The highest BCUT2D eigenvalue weighted by atomic mass is 32.2. The maximum atomic E-state index is 14.0. The van der Waals surface area contributed by atoms with E-state index in [2.05, 4.69) is 10.1 Å². The molecule has 0 aromatic heterocycles. The second-order valence-electron chi connectivity index (χ2n) is 4.74. The van der Waals surface area contributed by atoms with Crippen molar-refractivity contribution < 1.29 is 17.5 Å². The van der Waals surface area contributed by atoms with E-state index >= 15 is 0 Å². The number of morpholine rings is 1. The summed E-state index contributed by atoms with van der Waals surface area (Å²) >= 11 is 0. The quantitative estimate of drug-likeness (QED) is 0.798. The van der Waals surface area contributed by atoms with Gasteiger partial charge >= 0.3 is 0 Å². The molecule has 0 aliphatic carbocycles. The Labute approximate surface area is 124 Å². The van der Waals surface area contributed by atoms with Crippen LogP contribution >= 0.6 is 0 Å². The summed E-state index contributed by atoms with van der Waals surface area (Å²) in [4.78, 5) is 2.05. The summed E-state index contributed by atoms with van der Waals surface area (Å²) in [5, 5.41) is 4.58. The van der Waals surface area contributed by atoms with Gasteiger partial charge in [-0.2, -0.15) is 0 Å². The zero-order valence-electron chi connectivity index (χ0n) is 11.9. The van der Waals surface area contributed by atoms with Gasteiger partial charge in [0.05, 0.1) is 13.2 Å². The SMILES string of the molecule is CCNCc1ccc(S(=O)(=O)NN2CCOCC2)c(F)c1. The zero-order valence-corrected chi connectivity index (χ0v) is 12.7. The number of hydrogen-bond donors (Lipinski definition) is 2. The lowest BCUT2D eigenvalue weighted by molar-refractivity contribution is 0.0272. The fourth-order valence-electron chi connectivity index (χ4n) is 2.02. The van der Waals surface area contributed by atoms with Crippen molar-refractivity contribution in [2.24, 2.45) is 0 Å². The molecule has 118 valence electrons. The van der Waals surface area contributed by atoms with Crippen LogP contribution in [0.3, 0.4) is 0 Å². The van der Waals surface area contributed by atoms with Crippen LogP contribution in [-0.2, 0) is 21.3 Å². The minimum atomic E-state index is -3.90. The number of hydrogen-bond acceptors (Lipinski definition) is 5. The van der Waals surface area contributed by atoms with E-state index in [1.165, 1.54) is 17.1 Å². The molecule has 2 rings (SSSR count). The number of nitrogens with one attached hydrogen (secondary N) is 2. The average Bonchev–Trinajstić information content (AvgIpc) is 2.45. The van der Waals surface area contributed by atoms with Crippen LogP contribution in [0.25, 0.3) is 0 Å². The van der Waals surface area contributed by atoms with E-state index in [9.17, 15) is 12.8 Å². The molecule has 1 heterocycles. The molecule has 0 radical (unpaired) electrons. The predicted molar refractivity (Wildman–Crippen MR) is 76.5 cm³/mol. The van der Waals surface area contributed by atoms with E-state index in [0.29, 0.717) is 38.4 Å². The fraction of sp³-hybridized carbons (Fsp3) is 0.538. The molecule has 1 saturated heterocycles. The summed E-state index contributed by atoms with van der Waals surface area (Å²) < 4.78 is 43.6. The molecule has 6 nitrogen and oxygen atoms in total. The van der Waals surface area contributed by atoms with Crippen molar-refractivity contribution in [2.45, 2.75) is 18.4 Å². The van der Waals surface area contributed by atoms with Gasteiger partial charge in [-0.05, 0) is 24.2 Å². The summed E-state index contributed by atoms with van der Waals surface area (Å²) in [6, 6.07) is 4.15. The molecule has 0 bridgehead atoms. The molecule has 1 aliphatic heterocycles. The van der Waals surface area contributed by atoms with Gasteiger partial charge in [-0.3, -0.25) is 0 Å². The van der Waals surface area contributed by atoms with Crippen LogP contribution in [0.1, 0.15) is 12.5 Å². The van der Waals surface area contributed by atoms with Gasteiger partial charge in [0.15, 0.2) is 0 Å². The molecule has 8 heteroatoms. The fourth-order valence-corrected chi connectivity index (χ4v) is 3.20. The van der Waals surface area contributed by atoms with Crippen LogP contribution in [-0.4, -0.2) is 46.3 Å². The summed E-state index contributed by atoms with van der Waals surface area (Å²) in [6.45, 7) is 5.00. The molecule has 21 heavy (non-hydrogen) atoms. The van der Waals surface area contributed by atoms with E-state index in [4.69, 9.17) is 4.74 Å². The smallest absolute Gasteiger partial charge is 0.256 e. The summed E-state index contributed by atoms with van der Waals surface area (Å²) in [7, 11) is -3.90. The molecular formula is C13H20FN3O3S. The first-order valence-electron chi connectivity index (χ1n) is 6.87. The molecule has 0 unspecified atom stereocenters. The molecule has 2 N–H and O–H groups in total. The highest BCUT2D eigenvalue weighted by Crippen LogP contribution is 2.16. The van der Waals surface area contributed by atoms with E-state index < -0.39 is 15.8 Å². The molecule has 0 saturated carbocycles. The Morgan fingerprint density at radius 1 is 1.33 bits per heavy atom. The van der Waals surface area contributed by atoms with Crippen molar-refractivity contribution in [3.63, 3.8) is 0 Å². The second kappa shape index (κ2) is 7.28. The van der Waals surface area contributed by atoms with E-state index in [0.717, 1.165) is 6.54 Å². The molecule has 1 aliphatic rings. The van der Waals surface area contributed by atoms with Crippen molar-refractivity contribution in [1.82, 2.24) is 15.2 Å². The third-order valence-corrected chi connectivity index (χ3v) is 4.53. The third-order valence-electron chi connectivity index (χ3n) is 3.13. The third kappa shape index (κ3) is 4.45. The highest BCUT2D eigenvalue weighted by Gasteiger charge is 2.23. The van der Waals surface area contributed by atoms with Crippen LogP contribution in [0.5, 0.6) is 0 Å². The molecule has 1 fully saturated rings. The Kier molecular flexibility index (Phi) is 5.65. The Balaban J connectivity index is 2.11. The lowest BCUT2D eigenvalue weighted by Gasteiger charge is -2.26. The van der Waals surface area contributed by atoms with Gasteiger partial charge in [0.2, 0.25) is 0 Å². The van der Waals surface area contributed by atoms with Crippen molar-refractivity contribution in [3.05, 3.63) is 29.6 Å². The Morgan fingerprint density at radius 3 is 2.67 bits per heavy atom. The van der Waals surface area contributed by atoms with E-state index in [1.807, 2.05) is 6.92 Å². The molecule has 0 amide bonds. The molecule has 0 atom stereocenters. The van der Waals surface area contributed by atoms with Crippen LogP contribution in [0.15, 0.2) is 23.1 Å². The lowest BCUT2D eigenvalue weighted by Crippen LogP contribution is -2.48. The van der Waals surface area contributed by atoms with Gasteiger partial charge in [0.25, 0.3) is 10.0 Å². The first-order chi connectivity index (χ1) is 10.0. The van der Waals surface area contributed by atoms with Crippen molar-refractivity contribution in [1.29, 1.82) is 0 Å². The Bertz CT molecular complexity index is 574. The van der Waals surface area contributed by atoms with Gasteiger partial charge in [-0.25, -0.2) is 17.8 Å². The monoisotopic (exact) mass is 317 g/mol. The lowest BCUT2D eigenvalue weighted by atomic mass is 10.2. The van der Waals surface area contributed by atoms with Gasteiger partial charge in [0, 0.05) is 19.6 Å². The topological polar surface area (TPSA) is 70.7 Å². The minimum absolute atomic E-state index is 0.339. The van der Waals surface area contributed by atoms with Gasteiger partial charge in [-0.15, -0.1) is 4.83 Å². The normalized spacial score (nSPS) is 17.0. The Hall–Kier alpha value is -1.06. The first-order valence-corrected chi connectivity index (χ1v) is 8.35. The van der Waals surface area contributed by atoms with Crippen molar-refractivity contribution in [3.8, 4) is 0 Å². The number of rotatable bonds is 6. The van der Waals surface area contributed by atoms with Crippen LogP contribution in [0, 0.1) is 5.82 Å². The highest BCUT2D eigenvalue weighted by molar-refractivity contribution is 7.89. The number of hydrazine groups is 1. The number of nitrogens with zero attached hydrogens (tertiary/aromatic N) is 1. The van der Waals surface area contributed by atoms with Crippen molar-refractivity contribution in [2.75, 3.05) is 32.8 Å². The predicted octanol–water partition coefficient (Wildman–Crippen LogP) is 0.461. The number of ether oxygens (including phenoxy) is 1. The first kappa shape index (κ1) is 16.3. The average molecular weight is 317 g/mol. The zero-order chi connectivity index (χ0) is 15.3. The van der Waals surface area contributed by atoms with Crippen molar-refractivity contribution >= 4 is 10.0 Å². The molecular weight excluding hydrogens is 297 g/mol. The summed E-state index contributed by atoms with van der Waals surface area (Å²) in [5.74, 6) is -0.744. The largest absolute Gasteiger partial charge is 0.379 e. The Morgan fingerprint density at radius 2 is 2.05 bits per heavy atom. The van der Waals surface area contributed by atoms with Crippen LogP contribution in [0.4, 0.5) is 4.39 Å². The van der Waals surface area contributed by atoms with Gasteiger partial charge in [0.1, 0.15) is 10.7 Å². The number of benzene rings is 1. The number of sulfonamides is 1. The van der Waals surface area contributed by atoms with E-state index in [1.54, 1.807) is 6.07 Å². The standard InChI is InChI=1S/C13H20FN3O3S/c1-2-15-10-11-3-4-13(12(14)9-11)21(18,19)16-17-5-7-20-8-6-17/h3-4,9,15-16H,2,5-8,10H2,1H3. The van der Waals surface area contributed by atoms with Crippen LogP contribution < -0.4 is 10.1 Å². The van der Waals surface area contributed by atoms with Gasteiger partial charge < -0.3 is 10.1 Å². The van der Waals surface area contributed by atoms with E-state index in [-0.39, 0.29) is 4.90 Å². The molecule has 1 aromatic carbocycles. The van der Waals surface area contributed by atoms with Crippen LogP contribution in [0.2, 0.25) is 0 Å².